The minimum Gasteiger partial charge on any atom is -0.453 e. The topological polar surface area (TPSA) is 26.0 Å². The normalized spacial score (nSPS) is 11.6. The number of hydrogen-bond donors (Lipinski definition) is 0. The lowest BCUT2D eigenvalue weighted by Gasteiger charge is -1.99. The number of aromatic nitrogens is 1. The summed E-state index contributed by atoms with van der Waals surface area (Å²) in [5, 5.41) is 3.61. The molecule has 2 aromatic carbocycles. The van der Waals surface area contributed by atoms with E-state index in [9.17, 15) is 0 Å². The van der Waals surface area contributed by atoms with Crippen molar-refractivity contribution in [3.8, 4) is 0 Å². The summed E-state index contributed by atoms with van der Waals surface area (Å²) in [6.07, 6.45) is 0. The average molecular weight is 254 g/mol. The highest BCUT2D eigenvalue weighted by Crippen LogP contribution is 2.36. The molecule has 18 heavy (non-hydrogen) atoms. The minimum atomic E-state index is 0.417. The monoisotopic (exact) mass is 253 g/mol. The van der Waals surface area contributed by atoms with Crippen LogP contribution in [-0.4, -0.2) is 4.98 Å². The largest absolute Gasteiger partial charge is 0.453 e. The van der Waals surface area contributed by atoms with Gasteiger partial charge in [0.05, 0.1) is 5.52 Å². The lowest BCUT2D eigenvalue weighted by molar-refractivity contribution is 0.667. The van der Waals surface area contributed by atoms with Gasteiger partial charge in [0.15, 0.2) is 10.7 Å². The van der Waals surface area contributed by atoms with Crippen LogP contribution >= 0.6 is 11.6 Å². The van der Waals surface area contributed by atoms with Gasteiger partial charge >= 0.3 is 0 Å². The molecular weight excluding hydrogens is 246 g/mol. The van der Waals surface area contributed by atoms with E-state index in [2.05, 4.69) is 4.98 Å². The number of hydrogen-bond acceptors (Lipinski definition) is 2. The molecule has 0 radical (unpaired) electrons. The standard InChI is InChI=1S/C15H8ClNO/c16-15-14-13(9-5-1-3-7-11(9)17-15)10-6-2-4-8-12(10)18-14/h1-8H. The van der Waals surface area contributed by atoms with Crippen molar-refractivity contribution in [2.75, 3.05) is 0 Å². The molecule has 0 N–H and O–H groups in total. The second kappa shape index (κ2) is 3.47. The van der Waals surface area contributed by atoms with Gasteiger partial charge in [-0.1, -0.05) is 48.0 Å². The van der Waals surface area contributed by atoms with E-state index in [1.807, 2.05) is 48.5 Å². The zero-order valence-electron chi connectivity index (χ0n) is 9.35. The second-order valence-corrected chi connectivity index (χ2v) is 4.58. The Hall–Kier alpha value is -2.06. The molecule has 2 nitrogen and oxygen atoms in total. The molecule has 0 spiro atoms. The highest BCUT2D eigenvalue weighted by atomic mass is 35.5. The number of halogens is 1. The maximum absolute atomic E-state index is 6.20. The maximum atomic E-state index is 6.20. The van der Waals surface area contributed by atoms with Crippen LogP contribution in [0.5, 0.6) is 0 Å². The quantitative estimate of drug-likeness (QED) is 0.421. The molecule has 0 saturated carbocycles. The van der Waals surface area contributed by atoms with Crippen LogP contribution in [0.1, 0.15) is 0 Å². The van der Waals surface area contributed by atoms with Gasteiger partial charge in [-0.2, -0.15) is 0 Å². The molecular formula is C15H8ClNO. The van der Waals surface area contributed by atoms with Gasteiger partial charge < -0.3 is 4.42 Å². The van der Waals surface area contributed by atoms with E-state index >= 15 is 0 Å². The van der Waals surface area contributed by atoms with Crippen molar-refractivity contribution in [3.63, 3.8) is 0 Å². The molecule has 0 amide bonds. The molecule has 2 aromatic heterocycles. The van der Waals surface area contributed by atoms with Crippen LogP contribution in [-0.2, 0) is 0 Å². The Labute approximate surface area is 108 Å². The van der Waals surface area contributed by atoms with Gasteiger partial charge in [-0.05, 0) is 12.1 Å². The fourth-order valence-corrected chi connectivity index (χ4v) is 2.62. The number of benzene rings is 2. The van der Waals surface area contributed by atoms with Crippen molar-refractivity contribution >= 4 is 44.4 Å². The van der Waals surface area contributed by atoms with Crippen molar-refractivity contribution in [3.05, 3.63) is 53.7 Å². The summed E-state index contributed by atoms with van der Waals surface area (Å²) < 4.78 is 5.80. The molecule has 0 aliphatic heterocycles. The van der Waals surface area contributed by atoms with Gasteiger partial charge in [0.2, 0.25) is 0 Å². The highest BCUT2D eigenvalue weighted by molar-refractivity contribution is 6.36. The lowest BCUT2D eigenvalue weighted by Crippen LogP contribution is -1.81. The van der Waals surface area contributed by atoms with Crippen LogP contribution in [0.3, 0.4) is 0 Å². The lowest BCUT2D eigenvalue weighted by atomic mass is 10.1. The zero-order chi connectivity index (χ0) is 12.1. The van der Waals surface area contributed by atoms with Gasteiger partial charge in [-0.15, -0.1) is 0 Å². The van der Waals surface area contributed by atoms with Gasteiger partial charge in [-0.25, -0.2) is 4.98 Å². The van der Waals surface area contributed by atoms with E-state index in [0.717, 1.165) is 27.3 Å². The van der Waals surface area contributed by atoms with E-state index in [1.165, 1.54) is 0 Å². The number of pyridine rings is 1. The van der Waals surface area contributed by atoms with E-state index in [4.69, 9.17) is 16.0 Å². The van der Waals surface area contributed by atoms with Crippen molar-refractivity contribution in [1.82, 2.24) is 4.98 Å². The number of nitrogens with zero attached hydrogens (tertiary/aromatic N) is 1. The SMILES string of the molecule is Clc1nc2ccccc2c2c1oc1ccccc12. The molecule has 0 fully saturated rings. The number of para-hydroxylation sites is 2. The Bertz CT molecular complexity index is 895. The van der Waals surface area contributed by atoms with Crippen LogP contribution in [0.4, 0.5) is 0 Å². The molecule has 0 aliphatic carbocycles. The Morgan fingerprint density at radius 2 is 1.61 bits per heavy atom. The Morgan fingerprint density at radius 1 is 0.889 bits per heavy atom. The number of furan rings is 1. The van der Waals surface area contributed by atoms with Crippen LogP contribution in [0, 0.1) is 0 Å². The van der Waals surface area contributed by atoms with E-state index in [1.54, 1.807) is 0 Å². The molecule has 2 heterocycles. The van der Waals surface area contributed by atoms with Gasteiger partial charge in [-0.3, -0.25) is 0 Å². The zero-order valence-corrected chi connectivity index (χ0v) is 10.1. The first kappa shape index (κ1) is 9.92. The van der Waals surface area contributed by atoms with Crippen molar-refractivity contribution < 1.29 is 4.42 Å². The first-order valence-electron chi connectivity index (χ1n) is 5.70. The van der Waals surface area contributed by atoms with Crippen LogP contribution in [0.2, 0.25) is 5.15 Å². The number of rotatable bonds is 0. The highest BCUT2D eigenvalue weighted by Gasteiger charge is 2.14. The van der Waals surface area contributed by atoms with E-state index in [0.29, 0.717) is 10.7 Å². The Kier molecular flexibility index (Phi) is 1.91. The van der Waals surface area contributed by atoms with Crippen LogP contribution in [0.15, 0.2) is 52.9 Å². The van der Waals surface area contributed by atoms with Crippen LogP contribution < -0.4 is 0 Å². The first-order chi connectivity index (χ1) is 8.84. The van der Waals surface area contributed by atoms with Crippen molar-refractivity contribution in [2.24, 2.45) is 0 Å². The summed E-state index contributed by atoms with van der Waals surface area (Å²) in [5.74, 6) is 0. The summed E-state index contributed by atoms with van der Waals surface area (Å²) >= 11 is 6.20. The van der Waals surface area contributed by atoms with Crippen LogP contribution in [0.25, 0.3) is 32.8 Å². The molecule has 4 aromatic rings. The molecule has 0 unspecified atom stereocenters. The molecule has 3 heteroatoms. The predicted molar refractivity (Wildman–Crippen MR) is 74.0 cm³/mol. The maximum Gasteiger partial charge on any atom is 0.173 e. The third-order valence-corrected chi connectivity index (χ3v) is 3.43. The fraction of sp³-hybridized carbons (Fsp3) is 0. The minimum absolute atomic E-state index is 0.417. The third-order valence-electron chi connectivity index (χ3n) is 3.17. The number of fused-ring (bicyclic) bond motifs is 5. The summed E-state index contributed by atoms with van der Waals surface area (Å²) in [4.78, 5) is 4.37. The molecule has 0 bridgehead atoms. The Morgan fingerprint density at radius 3 is 2.50 bits per heavy atom. The average Bonchev–Trinajstić information content (AvgIpc) is 2.79. The Balaban J connectivity index is 2.41. The van der Waals surface area contributed by atoms with E-state index < -0.39 is 0 Å². The van der Waals surface area contributed by atoms with Gasteiger partial charge in [0.1, 0.15) is 5.58 Å². The van der Waals surface area contributed by atoms with Gasteiger partial charge in [0, 0.05) is 16.2 Å². The summed E-state index contributed by atoms with van der Waals surface area (Å²) in [7, 11) is 0. The van der Waals surface area contributed by atoms with Crippen molar-refractivity contribution in [1.29, 1.82) is 0 Å². The summed E-state index contributed by atoms with van der Waals surface area (Å²) in [5.41, 5.74) is 2.39. The third kappa shape index (κ3) is 1.21. The summed E-state index contributed by atoms with van der Waals surface area (Å²) in [6.45, 7) is 0. The summed E-state index contributed by atoms with van der Waals surface area (Å²) in [6, 6.07) is 15.9. The smallest absolute Gasteiger partial charge is 0.173 e. The first-order valence-corrected chi connectivity index (χ1v) is 6.08. The fourth-order valence-electron chi connectivity index (χ4n) is 2.40. The van der Waals surface area contributed by atoms with Crippen molar-refractivity contribution in [2.45, 2.75) is 0 Å². The predicted octanol–water partition coefficient (Wildman–Crippen LogP) is 4.79. The molecule has 4 rings (SSSR count). The molecule has 0 aliphatic rings. The second-order valence-electron chi connectivity index (χ2n) is 4.22. The van der Waals surface area contributed by atoms with E-state index in [-0.39, 0.29) is 0 Å². The molecule has 86 valence electrons. The van der Waals surface area contributed by atoms with Gasteiger partial charge in [0.25, 0.3) is 0 Å². The molecule has 0 saturated heterocycles. The molecule has 0 atom stereocenters.